The second kappa shape index (κ2) is 10.8. The fraction of sp³-hybridized carbons (Fsp3) is 0.391. The van der Waals surface area contributed by atoms with Gasteiger partial charge in [0.2, 0.25) is 5.91 Å². The Labute approximate surface area is 196 Å². The third-order valence-corrected chi connectivity index (χ3v) is 7.26. The van der Waals surface area contributed by atoms with E-state index < -0.39 is 0 Å². The van der Waals surface area contributed by atoms with Crippen LogP contribution >= 0.6 is 23.1 Å². The molecule has 2 heterocycles. The Balaban J connectivity index is 1.68. The smallest absolute Gasteiger partial charge is 0.259 e. The van der Waals surface area contributed by atoms with Crippen LogP contribution in [-0.4, -0.2) is 53.1 Å². The molecule has 1 aromatic carbocycles. The fourth-order valence-electron chi connectivity index (χ4n) is 3.20. The standard InChI is InChI=1S/C23H28N4O3S2/c1-6-17(16-9-7-8-10-18(16)30-11-20(29)27(4)5)26-19(28)12-31-22-21-14(2)15(3)32-23(21)25-13-24-22/h7-10,13,17H,6,11-12H2,1-5H3,(H,26,28). The van der Waals surface area contributed by atoms with Crippen LogP contribution in [0.15, 0.2) is 35.6 Å². The Hall–Kier alpha value is -2.65. The molecule has 0 aliphatic rings. The van der Waals surface area contributed by atoms with Crippen molar-refractivity contribution in [2.45, 2.75) is 38.3 Å². The van der Waals surface area contributed by atoms with Crippen molar-refractivity contribution in [2.75, 3.05) is 26.5 Å². The maximum Gasteiger partial charge on any atom is 0.259 e. The third kappa shape index (κ3) is 5.58. The maximum absolute atomic E-state index is 12.8. The molecule has 1 N–H and O–H groups in total. The van der Waals surface area contributed by atoms with E-state index in [1.54, 1.807) is 31.8 Å². The van der Waals surface area contributed by atoms with Gasteiger partial charge in [-0.2, -0.15) is 0 Å². The summed E-state index contributed by atoms with van der Waals surface area (Å²) in [5.41, 5.74) is 2.02. The second-order valence-electron chi connectivity index (χ2n) is 7.57. The van der Waals surface area contributed by atoms with Crippen molar-refractivity contribution in [1.29, 1.82) is 0 Å². The highest BCUT2D eigenvalue weighted by molar-refractivity contribution is 8.00. The average Bonchev–Trinajstić information content (AvgIpc) is 3.08. The van der Waals surface area contributed by atoms with Crippen molar-refractivity contribution in [1.82, 2.24) is 20.2 Å². The lowest BCUT2D eigenvalue weighted by Crippen LogP contribution is -2.31. The molecule has 0 saturated heterocycles. The number of hydrogen-bond donors (Lipinski definition) is 1. The summed E-state index contributed by atoms with van der Waals surface area (Å²) >= 11 is 3.06. The summed E-state index contributed by atoms with van der Waals surface area (Å²) in [6.07, 6.45) is 2.24. The molecule has 0 spiro atoms. The molecule has 3 aromatic rings. The lowest BCUT2D eigenvalue weighted by molar-refractivity contribution is -0.130. The molecule has 2 amide bonds. The van der Waals surface area contributed by atoms with Crippen molar-refractivity contribution in [3.63, 3.8) is 0 Å². The fourth-order valence-corrected chi connectivity index (χ4v) is 5.13. The number of para-hydroxylation sites is 1. The van der Waals surface area contributed by atoms with E-state index in [0.29, 0.717) is 12.2 Å². The number of carbonyl (C=O) groups excluding carboxylic acids is 2. The predicted octanol–water partition coefficient (Wildman–Crippen LogP) is 4.13. The summed E-state index contributed by atoms with van der Waals surface area (Å²) in [6.45, 7) is 6.09. The number of nitrogens with one attached hydrogen (secondary N) is 1. The zero-order chi connectivity index (χ0) is 23.3. The van der Waals surface area contributed by atoms with E-state index in [0.717, 1.165) is 20.8 Å². The van der Waals surface area contributed by atoms with Gasteiger partial charge in [0.1, 0.15) is 21.9 Å². The molecule has 170 valence electrons. The van der Waals surface area contributed by atoms with E-state index in [2.05, 4.69) is 29.1 Å². The van der Waals surface area contributed by atoms with Gasteiger partial charge in [-0.1, -0.05) is 36.9 Å². The van der Waals surface area contributed by atoms with E-state index in [-0.39, 0.29) is 30.2 Å². The molecule has 32 heavy (non-hydrogen) atoms. The second-order valence-corrected chi connectivity index (χ2v) is 9.74. The normalized spacial score (nSPS) is 11.9. The number of rotatable bonds is 9. The summed E-state index contributed by atoms with van der Waals surface area (Å²) in [6, 6.07) is 7.28. The molecule has 1 atom stereocenters. The number of carbonyl (C=O) groups is 2. The van der Waals surface area contributed by atoms with E-state index in [1.807, 2.05) is 31.2 Å². The van der Waals surface area contributed by atoms with Gasteiger partial charge in [0.05, 0.1) is 11.8 Å². The molecule has 3 rings (SSSR count). The van der Waals surface area contributed by atoms with Gasteiger partial charge in [0.15, 0.2) is 6.61 Å². The highest BCUT2D eigenvalue weighted by Crippen LogP contribution is 2.34. The Morgan fingerprint density at radius 3 is 2.69 bits per heavy atom. The number of likely N-dealkylation sites (N-methyl/N-ethyl adjacent to an activating group) is 1. The largest absolute Gasteiger partial charge is 0.483 e. The molecular weight excluding hydrogens is 444 g/mol. The molecule has 7 nitrogen and oxygen atoms in total. The van der Waals surface area contributed by atoms with Crippen LogP contribution in [-0.2, 0) is 9.59 Å². The van der Waals surface area contributed by atoms with Crippen LogP contribution in [0.3, 0.4) is 0 Å². The number of thiophene rings is 1. The van der Waals surface area contributed by atoms with Gasteiger partial charge in [-0.15, -0.1) is 11.3 Å². The summed E-state index contributed by atoms with van der Waals surface area (Å²) in [7, 11) is 3.38. The van der Waals surface area contributed by atoms with Gasteiger partial charge in [-0.25, -0.2) is 9.97 Å². The van der Waals surface area contributed by atoms with Crippen molar-refractivity contribution in [3.05, 3.63) is 46.6 Å². The number of ether oxygens (including phenoxy) is 1. The molecule has 0 fully saturated rings. The number of hydrogen-bond acceptors (Lipinski definition) is 7. The van der Waals surface area contributed by atoms with Crippen LogP contribution in [0.5, 0.6) is 5.75 Å². The number of aromatic nitrogens is 2. The number of thioether (sulfide) groups is 1. The first-order valence-electron chi connectivity index (χ1n) is 10.4. The minimum atomic E-state index is -0.218. The molecule has 0 aliphatic heterocycles. The predicted molar refractivity (Wildman–Crippen MR) is 129 cm³/mol. The van der Waals surface area contributed by atoms with Gasteiger partial charge in [0.25, 0.3) is 5.91 Å². The third-order valence-electron chi connectivity index (χ3n) is 5.16. The Kier molecular flexibility index (Phi) is 8.09. The average molecular weight is 473 g/mol. The van der Waals surface area contributed by atoms with Crippen LogP contribution in [0.1, 0.15) is 35.4 Å². The van der Waals surface area contributed by atoms with Gasteiger partial charge in [0, 0.05) is 29.9 Å². The number of fused-ring (bicyclic) bond motifs is 1. The number of nitrogens with zero attached hydrogens (tertiary/aromatic N) is 3. The Bertz CT molecular complexity index is 1110. The molecule has 0 bridgehead atoms. The lowest BCUT2D eigenvalue weighted by atomic mass is 10.0. The Morgan fingerprint density at radius 2 is 1.97 bits per heavy atom. The van der Waals surface area contributed by atoms with Crippen molar-refractivity contribution >= 4 is 45.1 Å². The molecule has 2 aromatic heterocycles. The van der Waals surface area contributed by atoms with Crippen LogP contribution in [0.4, 0.5) is 0 Å². The van der Waals surface area contributed by atoms with Crippen LogP contribution in [0.2, 0.25) is 0 Å². The lowest BCUT2D eigenvalue weighted by Gasteiger charge is -2.21. The highest BCUT2D eigenvalue weighted by Gasteiger charge is 2.19. The van der Waals surface area contributed by atoms with Gasteiger partial charge >= 0.3 is 0 Å². The Morgan fingerprint density at radius 1 is 1.22 bits per heavy atom. The first kappa shape index (κ1) is 24.0. The topological polar surface area (TPSA) is 84.4 Å². The van der Waals surface area contributed by atoms with Gasteiger partial charge in [-0.05, 0) is 31.9 Å². The van der Waals surface area contributed by atoms with E-state index in [1.165, 1.54) is 27.1 Å². The van der Waals surface area contributed by atoms with E-state index in [4.69, 9.17) is 4.74 Å². The maximum atomic E-state index is 12.8. The molecule has 0 radical (unpaired) electrons. The molecule has 0 aliphatic carbocycles. The zero-order valence-corrected chi connectivity index (χ0v) is 20.6. The minimum Gasteiger partial charge on any atom is -0.483 e. The summed E-state index contributed by atoms with van der Waals surface area (Å²) in [4.78, 5) is 37.1. The van der Waals surface area contributed by atoms with Crippen molar-refractivity contribution in [3.8, 4) is 5.75 Å². The first-order chi connectivity index (χ1) is 15.3. The van der Waals surface area contributed by atoms with Crippen LogP contribution in [0, 0.1) is 13.8 Å². The van der Waals surface area contributed by atoms with Crippen LogP contribution in [0.25, 0.3) is 10.2 Å². The molecule has 1 unspecified atom stereocenters. The number of aryl methyl sites for hydroxylation is 2. The van der Waals surface area contributed by atoms with Crippen molar-refractivity contribution in [2.24, 2.45) is 0 Å². The zero-order valence-electron chi connectivity index (χ0n) is 19.0. The quantitative estimate of drug-likeness (QED) is 0.372. The van der Waals surface area contributed by atoms with Crippen molar-refractivity contribution < 1.29 is 14.3 Å². The minimum absolute atomic E-state index is 0.0482. The highest BCUT2D eigenvalue weighted by atomic mass is 32.2. The molecule has 0 saturated carbocycles. The molecular formula is C23H28N4O3S2. The van der Waals surface area contributed by atoms with Crippen LogP contribution < -0.4 is 10.1 Å². The summed E-state index contributed by atoms with van der Waals surface area (Å²) in [5, 5.41) is 4.95. The van der Waals surface area contributed by atoms with E-state index >= 15 is 0 Å². The monoisotopic (exact) mass is 472 g/mol. The van der Waals surface area contributed by atoms with Gasteiger partial charge < -0.3 is 15.0 Å². The number of amides is 2. The SMILES string of the molecule is CCC(NC(=O)CSc1ncnc2sc(C)c(C)c12)c1ccccc1OCC(=O)N(C)C. The summed E-state index contributed by atoms with van der Waals surface area (Å²) in [5.74, 6) is 0.643. The number of benzene rings is 1. The van der Waals surface area contributed by atoms with E-state index in [9.17, 15) is 9.59 Å². The van der Waals surface area contributed by atoms with Gasteiger partial charge in [-0.3, -0.25) is 9.59 Å². The first-order valence-corrected chi connectivity index (χ1v) is 12.2. The summed E-state index contributed by atoms with van der Waals surface area (Å²) < 4.78 is 5.75. The molecule has 9 heteroatoms.